The number of hydrogen-bond acceptors (Lipinski definition) is 5. The summed E-state index contributed by atoms with van der Waals surface area (Å²) in [5, 5.41) is 0. The molecular weight excluding hydrogens is 382 g/mol. The normalized spacial score (nSPS) is 26.1. The van der Waals surface area contributed by atoms with E-state index < -0.39 is 8.07 Å². The smallest absolute Gasteiger partial charge is 0.333 e. The maximum atomic E-state index is 12.5. The van der Waals surface area contributed by atoms with Gasteiger partial charge in [0.25, 0.3) is 0 Å². The van der Waals surface area contributed by atoms with Gasteiger partial charge in [0.2, 0.25) is 0 Å². The predicted molar refractivity (Wildman–Crippen MR) is 121 cm³/mol. The van der Waals surface area contributed by atoms with Crippen LogP contribution < -0.4 is 0 Å². The summed E-state index contributed by atoms with van der Waals surface area (Å²) in [5.41, 5.74) is 0.802. The molecule has 0 aliphatic carbocycles. The number of rotatable bonds is 10. The zero-order chi connectivity index (χ0) is 21.8. The maximum Gasteiger partial charge on any atom is 0.333 e. The molecule has 2 aliphatic rings. The fourth-order valence-electron chi connectivity index (χ4n) is 4.77. The minimum atomic E-state index is -1.20. The highest BCUT2D eigenvalue weighted by atomic mass is 28.3. The first-order chi connectivity index (χ1) is 13.6. The van der Waals surface area contributed by atoms with Gasteiger partial charge in [-0.3, -0.25) is 0 Å². The van der Waals surface area contributed by atoms with Crippen molar-refractivity contribution in [2.75, 3.05) is 20.3 Å². The summed E-state index contributed by atoms with van der Waals surface area (Å²) in [4.78, 5) is 14.9. The molecule has 0 radical (unpaired) electrons. The zero-order valence-electron chi connectivity index (χ0n) is 19.9. The van der Waals surface area contributed by atoms with Gasteiger partial charge in [0.05, 0.1) is 17.3 Å². The molecule has 3 atom stereocenters. The van der Waals surface area contributed by atoms with Crippen molar-refractivity contribution >= 4 is 14.0 Å². The summed E-state index contributed by atoms with van der Waals surface area (Å²) in [5.74, 6) is -0.0458. The van der Waals surface area contributed by atoms with E-state index in [0.717, 1.165) is 44.0 Å². The summed E-state index contributed by atoms with van der Waals surface area (Å²) < 4.78 is 18.3. The molecule has 2 aliphatic heterocycles. The summed E-state index contributed by atoms with van der Waals surface area (Å²) in [7, 11) is 0.621. The molecule has 0 aromatic rings. The van der Waals surface area contributed by atoms with Crippen LogP contribution in [0.1, 0.15) is 53.4 Å². The highest BCUT2D eigenvalue weighted by molar-refractivity contribution is 6.76. The molecule has 6 heteroatoms. The van der Waals surface area contributed by atoms with Crippen LogP contribution in [-0.4, -0.2) is 63.1 Å². The van der Waals surface area contributed by atoms with E-state index in [1.165, 1.54) is 0 Å². The summed E-state index contributed by atoms with van der Waals surface area (Å²) >= 11 is 0. The van der Waals surface area contributed by atoms with E-state index in [2.05, 4.69) is 52.2 Å². The highest BCUT2D eigenvalue weighted by Crippen LogP contribution is 2.40. The SMILES string of the molecule is CCC(CC)(OC)[C@@H]1CCCN1C1=CC(=O)O[C@H](C(C)C)[C@@H]1OCC[Si](C)(C)C. The molecule has 0 aromatic carbocycles. The number of carbonyl (C=O) groups is 1. The monoisotopic (exact) mass is 425 g/mol. The van der Waals surface area contributed by atoms with Crippen molar-refractivity contribution in [2.24, 2.45) is 5.92 Å². The van der Waals surface area contributed by atoms with E-state index in [4.69, 9.17) is 14.2 Å². The zero-order valence-corrected chi connectivity index (χ0v) is 20.9. The second kappa shape index (κ2) is 9.97. The summed E-state index contributed by atoms with van der Waals surface area (Å²) in [6, 6.07) is 1.36. The molecule has 0 aromatic heterocycles. The van der Waals surface area contributed by atoms with E-state index in [1.807, 2.05) is 7.11 Å². The molecule has 1 fully saturated rings. The topological polar surface area (TPSA) is 48.0 Å². The molecule has 5 nitrogen and oxygen atoms in total. The largest absolute Gasteiger partial charge is 0.456 e. The lowest BCUT2D eigenvalue weighted by Crippen LogP contribution is -2.54. The van der Waals surface area contributed by atoms with Crippen LogP contribution in [0.3, 0.4) is 0 Å². The Bertz CT molecular complexity index is 572. The molecular formula is C23H43NO4Si. The quantitative estimate of drug-likeness (QED) is 0.370. The Balaban J connectivity index is 2.35. The Morgan fingerprint density at radius 1 is 1.28 bits per heavy atom. The summed E-state index contributed by atoms with van der Waals surface area (Å²) in [6.07, 6.45) is 5.33. The lowest BCUT2D eigenvalue weighted by Gasteiger charge is -2.46. The van der Waals surface area contributed by atoms with E-state index >= 15 is 0 Å². The molecule has 0 N–H and O–H groups in total. The standard InChI is InChI=1S/C23H43NO4Si/c1-9-23(10-2,26-5)19-12-11-13-24(19)18-16-20(25)28-21(17(3)4)22(18)27-14-15-29(6,7)8/h16-17,19,21-22H,9-15H2,1-8H3/t19-,21+,22+/m0/s1. The Morgan fingerprint density at radius 3 is 2.45 bits per heavy atom. The predicted octanol–water partition coefficient (Wildman–Crippen LogP) is 4.84. The van der Waals surface area contributed by atoms with Crippen molar-refractivity contribution in [3.8, 4) is 0 Å². The average molecular weight is 426 g/mol. The molecule has 1 saturated heterocycles. The van der Waals surface area contributed by atoms with Gasteiger partial charge >= 0.3 is 5.97 Å². The first kappa shape index (κ1) is 24.4. The van der Waals surface area contributed by atoms with Crippen LogP contribution in [0.15, 0.2) is 11.8 Å². The second-order valence-corrected chi connectivity index (χ2v) is 15.8. The van der Waals surface area contributed by atoms with Crippen LogP contribution in [0.25, 0.3) is 0 Å². The van der Waals surface area contributed by atoms with E-state index in [1.54, 1.807) is 6.08 Å². The molecule has 0 bridgehead atoms. The average Bonchev–Trinajstić information content (AvgIpc) is 3.13. The Hall–Kier alpha value is -0.853. The van der Waals surface area contributed by atoms with Gasteiger partial charge in [-0.1, -0.05) is 47.3 Å². The highest BCUT2D eigenvalue weighted by Gasteiger charge is 2.47. The van der Waals surface area contributed by atoms with Gasteiger partial charge in [0, 0.05) is 34.4 Å². The van der Waals surface area contributed by atoms with Crippen molar-refractivity contribution < 1.29 is 19.0 Å². The van der Waals surface area contributed by atoms with Gasteiger partial charge in [-0.25, -0.2) is 4.79 Å². The van der Waals surface area contributed by atoms with Gasteiger partial charge < -0.3 is 19.1 Å². The second-order valence-electron chi connectivity index (χ2n) is 10.1. The first-order valence-electron chi connectivity index (χ1n) is 11.4. The fourth-order valence-corrected chi connectivity index (χ4v) is 5.50. The third-order valence-electron chi connectivity index (χ3n) is 6.71. The van der Waals surface area contributed by atoms with Crippen LogP contribution in [0.5, 0.6) is 0 Å². The Morgan fingerprint density at radius 2 is 1.93 bits per heavy atom. The number of hydrogen-bond donors (Lipinski definition) is 0. The van der Waals surface area contributed by atoms with Gasteiger partial charge in [0.1, 0.15) is 12.2 Å². The number of nitrogens with zero attached hydrogens (tertiary/aromatic N) is 1. The molecule has 0 saturated carbocycles. The van der Waals surface area contributed by atoms with Crippen LogP contribution >= 0.6 is 0 Å². The van der Waals surface area contributed by atoms with Crippen LogP contribution in [0, 0.1) is 5.92 Å². The molecule has 2 rings (SSSR count). The van der Waals surface area contributed by atoms with Gasteiger partial charge in [0.15, 0.2) is 0 Å². The van der Waals surface area contributed by atoms with E-state index in [9.17, 15) is 4.79 Å². The molecule has 2 heterocycles. The number of esters is 1. The number of likely N-dealkylation sites (tertiary alicyclic amines) is 1. The lowest BCUT2D eigenvalue weighted by atomic mass is 9.85. The van der Waals surface area contributed by atoms with Gasteiger partial charge in [-0.15, -0.1) is 0 Å². The number of ether oxygens (including phenoxy) is 3. The van der Waals surface area contributed by atoms with Crippen LogP contribution in [-0.2, 0) is 19.0 Å². The Labute approximate surface area is 179 Å². The van der Waals surface area contributed by atoms with Crippen molar-refractivity contribution in [2.45, 2.75) is 103 Å². The van der Waals surface area contributed by atoms with E-state index in [-0.39, 0.29) is 35.7 Å². The van der Waals surface area contributed by atoms with Crippen molar-refractivity contribution in [1.29, 1.82) is 0 Å². The van der Waals surface area contributed by atoms with Crippen LogP contribution in [0.4, 0.5) is 0 Å². The molecule has 168 valence electrons. The van der Waals surface area contributed by atoms with Crippen molar-refractivity contribution in [3.05, 3.63) is 11.8 Å². The third kappa shape index (κ3) is 5.64. The van der Waals surface area contributed by atoms with Crippen LogP contribution in [0.2, 0.25) is 25.7 Å². The third-order valence-corrected chi connectivity index (χ3v) is 8.41. The Kier molecular flexibility index (Phi) is 8.39. The minimum Gasteiger partial charge on any atom is -0.456 e. The van der Waals surface area contributed by atoms with Gasteiger partial charge in [-0.2, -0.15) is 0 Å². The summed E-state index contributed by atoms with van der Waals surface area (Å²) in [6.45, 7) is 17.3. The van der Waals surface area contributed by atoms with Crippen molar-refractivity contribution in [3.63, 3.8) is 0 Å². The first-order valence-corrected chi connectivity index (χ1v) is 15.1. The lowest BCUT2D eigenvalue weighted by molar-refractivity contribution is -0.160. The minimum absolute atomic E-state index is 0.199. The molecule has 29 heavy (non-hydrogen) atoms. The fraction of sp³-hybridized carbons (Fsp3) is 0.870. The number of carbonyl (C=O) groups excluding carboxylic acids is 1. The van der Waals surface area contributed by atoms with E-state index in [0.29, 0.717) is 6.61 Å². The maximum absolute atomic E-state index is 12.5. The molecule has 0 spiro atoms. The molecule has 0 unspecified atom stereocenters. The molecule has 0 amide bonds. The number of methoxy groups -OCH3 is 1. The number of cyclic esters (lactones) is 1. The van der Waals surface area contributed by atoms with Crippen molar-refractivity contribution in [1.82, 2.24) is 4.90 Å². The van der Waals surface area contributed by atoms with Gasteiger partial charge in [-0.05, 0) is 37.6 Å².